The average Bonchev–Trinajstić information content (AvgIpc) is 2.23. The van der Waals surface area contributed by atoms with Crippen molar-refractivity contribution < 1.29 is 9.47 Å². The SMILES string of the molecule is COCCOCCCN(C)CC(C)CN. The lowest BCUT2D eigenvalue weighted by Crippen LogP contribution is -2.29. The fourth-order valence-electron chi connectivity index (χ4n) is 1.38. The first kappa shape index (κ1) is 14.8. The zero-order chi connectivity index (χ0) is 11.5. The highest BCUT2D eigenvalue weighted by Gasteiger charge is 2.03. The van der Waals surface area contributed by atoms with Crippen molar-refractivity contribution in [3.05, 3.63) is 0 Å². The van der Waals surface area contributed by atoms with E-state index in [1.807, 2.05) is 0 Å². The number of methoxy groups -OCH3 is 1. The molecular formula is C11H26N2O2. The van der Waals surface area contributed by atoms with Crippen molar-refractivity contribution in [1.29, 1.82) is 0 Å². The summed E-state index contributed by atoms with van der Waals surface area (Å²) >= 11 is 0. The third kappa shape index (κ3) is 10.1. The van der Waals surface area contributed by atoms with E-state index in [2.05, 4.69) is 18.9 Å². The van der Waals surface area contributed by atoms with Crippen LogP contribution in [0, 0.1) is 5.92 Å². The van der Waals surface area contributed by atoms with E-state index >= 15 is 0 Å². The molecule has 0 saturated carbocycles. The predicted molar refractivity (Wildman–Crippen MR) is 63.0 cm³/mol. The van der Waals surface area contributed by atoms with Crippen molar-refractivity contribution in [3.8, 4) is 0 Å². The molecule has 0 aromatic carbocycles. The molecule has 0 bridgehead atoms. The van der Waals surface area contributed by atoms with Crippen LogP contribution in [0.4, 0.5) is 0 Å². The first-order chi connectivity index (χ1) is 7.20. The minimum Gasteiger partial charge on any atom is -0.382 e. The van der Waals surface area contributed by atoms with Gasteiger partial charge in [0.15, 0.2) is 0 Å². The summed E-state index contributed by atoms with van der Waals surface area (Å²) in [5, 5.41) is 0. The van der Waals surface area contributed by atoms with Crippen LogP contribution in [0.5, 0.6) is 0 Å². The number of nitrogens with zero attached hydrogens (tertiary/aromatic N) is 1. The molecule has 4 nitrogen and oxygen atoms in total. The maximum atomic E-state index is 5.56. The van der Waals surface area contributed by atoms with Crippen LogP contribution in [-0.4, -0.2) is 58.5 Å². The highest BCUT2D eigenvalue weighted by atomic mass is 16.5. The van der Waals surface area contributed by atoms with E-state index in [0.29, 0.717) is 19.1 Å². The van der Waals surface area contributed by atoms with Crippen LogP contribution in [0.15, 0.2) is 0 Å². The molecule has 0 saturated heterocycles. The normalized spacial score (nSPS) is 13.4. The van der Waals surface area contributed by atoms with Gasteiger partial charge < -0.3 is 20.1 Å². The Morgan fingerprint density at radius 3 is 2.60 bits per heavy atom. The zero-order valence-electron chi connectivity index (χ0n) is 10.4. The minimum absolute atomic E-state index is 0.574. The molecule has 0 rings (SSSR count). The molecule has 0 radical (unpaired) electrons. The Balaban J connectivity index is 3.20. The Morgan fingerprint density at radius 2 is 2.00 bits per heavy atom. The molecule has 4 heteroatoms. The number of hydrogen-bond donors (Lipinski definition) is 1. The Hall–Kier alpha value is -0.160. The Bertz CT molecular complexity index is 134. The van der Waals surface area contributed by atoms with Gasteiger partial charge in [0.05, 0.1) is 13.2 Å². The van der Waals surface area contributed by atoms with Crippen molar-refractivity contribution in [3.63, 3.8) is 0 Å². The Morgan fingerprint density at radius 1 is 1.27 bits per heavy atom. The number of hydrogen-bond acceptors (Lipinski definition) is 4. The summed E-state index contributed by atoms with van der Waals surface area (Å²) in [7, 11) is 3.81. The molecule has 0 amide bonds. The summed E-state index contributed by atoms with van der Waals surface area (Å²) in [5.74, 6) is 0.574. The molecule has 1 unspecified atom stereocenters. The van der Waals surface area contributed by atoms with Crippen molar-refractivity contribution in [2.24, 2.45) is 11.7 Å². The summed E-state index contributed by atoms with van der Waals surface area (Å²) in [5.41, 5.74) is 5.56. The number of ether oxygens (including phenoxy) is 2. The van der Waals surface area contributed by atoms with Crippen molar-refractivity contribution >= 4 is 0 Å². The first-order valence-electron chi connectivity index (χ1n) is 5.66. The van der Waals surface area contributed by atoms with Crippen LogP contribution >= 0.6 is 0 Å². The molecule has 0 aromatic heterocycles. The van der Waals surface area contributed by atoms with Gasteiger partial charge in [-0.1, -0.05) is 6.92 Å². The van der Waals surface area contributed by atoms with Gasteiger partial charge in [-0.2, -0.15) is 0 Å². The lowest BCUT2D eigenvalue weighted by molar-refractivity contribution is 0.0658. The van der Waals surface area contributed by atoms with E-state index in [4.69, 9.17) is 15.2 Å². The summed E-state index contributed by atoms with van der Waals surface area (Å²) < 4.78 is 10.3. The summed E-state index contributed by atoms with van der Waals surface area (Å²) in [6.07, 6.45) is 1.07. The topological polar surface area (TPSA) is 47.7 Å². The summed E-state index contributed by atoms with van der Waals surface area (Å²) in [6.45, 7) is 7.25. The fraction of sp³-hybridized carbons (Fsp3) is 1.00. The van der Waals surface area contributed by atoms with Crippen LogP contribution in [0.2, 0.25) is 0 Å². The number of nitrogens with two attached hydrogens (primary N) is 1. The van der Waals surface area contributed by atoms with Crippen LogP contribution in [0.3, 0.4) is 0 Å². The zero-order valence-corrected chi connectivity index (χ0v) is 10.4. The molecule has 0 heterocycles. The molecule has 0 aliphatic heterocycles. The van der Waals surface area contributed by atoms with Crippen molar-refractivity contribution in [2.45, 2.75) is 13.3 Å². The second-order valence-corrected chi connectivity index (χ2v) is 4.06. The van der Waals surface area contributed by atoms with Gasteiger partial charge in [-0.15, -0.1) is 0 Å². The monoisotopic (exact) mass is 218 g/mol. The van der Waals surface area contributed by atoms with Gasteiger partial charge in [-0.3, -0.25) is 0 Å². The molecule has 2 N–H and O–H groups in total. The van der Waals surface area contributed by atoms with Gasteiger partial charge in [0.25, 0.3) is 0 Å². The van der Waals surface area contributed by atoms with Gasteiger partial charge in [0.2, 0.25) is 0 Å². The quantitative estimate of drug-likeness (QED) is 0.545. The molecule has 0 aromatic rings. The molecule has 0 aliphatic carbocycles. The smallest absolute Gasteiger partial charge is 0.0700 e. The second-order valence-electron chi connectivity index (χ2n) is 4.06. The Labute approximate surface area is 93.7 Å². The average molecular weight is 218 g/mol. The largest absolute Gasteiger partial charge is 0.382 e. The molecule has 0 fully saturated rings. The lowest BCUT2D eigenvalue weighted by atomic mass is 10.2. The van der Waals surface area contributed by atoms with E-state index in [-0.39, 0.29) is 0 Å². The van der Waals surface area contributed by atoms with Crippen molar-refractivity contribution in [1.82, 2.24) is 4.90 Å². The van der Waals surface area contributed by atoms with E-state index in [9.17, 15) is 0 Å². The van der Waals surface area contributed by atoms with Crippen molar-refractivity contribution in [2.75, 3.05) is 53.6 Å². The predicted octanol–water partition coefficient (Wildman–Crippen LogP) is 0.566. The van der Waals surface area contributed by atoms with Crippen LogP contribution in [-0.2, 0) is 9.47 Å². The van der Waals surface area contributed by atoms with Crippen LogP contribution in [0.25, 0.3) is 0 Å². The van der Waals surface area contributed by atoms with E-state index in [1.165, 1.54) is 0 Å². The van der Waals surface area contributed by atoms with Gasteiger partial charge in [-0.05, 0) is 25.9 Å². The fourth-order valence-corrected chi connectivity index (χ4v) is 1.38. The second kappa shape index (κ2) is 10.4. The molecule has 15 heavy (non-hydrogen) atoms. The van der Waals surface area contributed by atoms with Gasteiger partial charge in [0.1, 0.15) is 0 Å². The standard InChI is InChI=1S/C11H26N2O2/c1-11(9-12)10-13(2)5-4-6-15-8-7-14-3/h11H,4-10,12H2,1-3H3. The summed E-state index contributed by atoms with van der Waals surface area (Å²) in [4.78, 5) is 2.30. The molecule has 92 valence electrons. The third-order valence-corrected chi connectivity index (χ3v) is 2.29. The van der Waals surface area contributed by atoms with Gasteiger partial charge in [-0.25, -0.2) is 0 Å². The molecule has 1 atom stereocenters. The maximum absolute atomic E-state index is 5.56. The first-order valence-corrected chi connectivity index (χ1v) is 5.66. The Kier molecular flexibility index (Phi) is 10.3. The van der Waals surface area contributed by atoms with Gasteiger partial charge >= 0.3 is 0 Å². The van der Waals surface area contributed by atoms with E-state index < -0.39 is 0 Å². The van der Waals surface area contributed by atoms with Crippen LogP contribution in [0.1, 0.15) is 13.3 Å². The van der Waals surface area contributed by atoms with E-state index in [0.717, 1.165) is 32.7 Å². The number of rotatable bonds is 10. The lowest BCUT2D eigenvalue weighted by Gasteiger charge is -2.20. The molecule has 0 aliphatic rings. The van der Waals surface area contributed by atoms with Gasteiger partial charge in [0, 0.05) is 26.8 Å². The summed E-state index contributed by atoms with van der Waals surface area (Å²) in [6, 6.07) is 0. The third-order valence-electron chi connectivity index (χ3n) is 2.29. The molecular weight excluding hydrogens is 192 g/mol. The maximum Gasteiger partial charge on any atom is 0.0700 e. The highest BCUT2D eigenvalue weighted by Crippen LogP contribution is 1.96. The van der Waals surface area contributed by atoms with Crippen LogP contribution < -0.4 is 5.73 Å². The highest BCUT2D eigenvalue weighted by molar-refractivity contribution is 4.59. The minimum atomic E-state index is 0.574. The molecule has 0 spiro atoms. The van der Waals surface area contributed by atoms with E-state index in [1.54, 1.807) is 7.11 Å².